The zero-order valence-electron chi connectivity index (χ0n) is 20.9. The minimum absolute atomic E-state index is 0.0916. The predicted molar refractivity (Wildman–Crippen MR) is 137 cm³/mol. The largest absolute Gasteiger partial charge is 0.462 e. The summed E-state index contributed by atoms with van der Waals surface area (Å²) in [5, 5.41) is 2.60. The molecule has 2 bridgehead atoms. The van der Waals surface area contributed by atoms with Gasteiger partial charge < -0.3 is 14.8 Å². The maximum atomic E-state index is 13.1. The highest BCUT2D eigenvalue weighted by Crippen LogP contribution is 2.53. The van der Waals surface area contributed by atoms with Gasteiger partial charge in [0.05, 0.1) is 35.3 Å². The number of carbonyl (C=O) groups excluding carboxylic acids is 5. The van der Waals surface area contributed by atoms with Crippen molar-refractivity contribution in [2.45, 2.75) is 26.2 Å². The molecule has 38 heavy (non-hydrogen) atoms. The topological polar surface area (TPSA) is 119 Å². The zero-order chi connectivity index (χ0) is 26.8. The van der Waals surface area contributed by atoms with Crippen LogP contribution in [0.25, 0.3) is 0 Å². The molecule has 2 fully saturated rings. The number of carbonyl (C=O) groups is 5. The highest BCUT2D eigenvalue weighted by Gasteiger charge is 2.59. The Morgan fingerprint density at radius 1 is 0.895 bits per heavy atom. The van der Waals surface area contributed by atoms with Crippen molar-refractivity contribution in [3.8, 4) is 0 Å². The van der Waals surface area contributed by atoms with Gasteiger partial charge in [0.25, 0.3) is 5.91 Å². The van der Waals surface area contributed by atoms with E-state index in [0.717, 1.165) is 19.3 Å². The highest BCUT2D eigenvalue weighted by atomic mass is 16.5. The minimum Gasteiger partial charge on any atom is -0.462 e. The monoisotopic (exact) mass is 516 g/mol. The molecule has 0 aromatic heterocycles. The molecule has 1 saturated carbocycles. The predicted octanol–water partition coefficient (Wildman–Crippen LogP) is 3.75. The van der Waals surface area contributed by atoms with Gasteiger partial charge >= 0.3 is 11.9 Å². The fourth-order valence-electron chi connectivity index (χ4n) is 5.42. The van der Waals surface area contributed by atoms with Crippen LogP contribution in [0.4, 0.5) is 11.4 Å². The first-order valence-corrected chi connectivity index (χ1v) is 12.8. The summed E-state index contributed by atoms with van der Waals surface area (Å²) in [5.41, 5.74) is 1.24. The summed E-state index contributed by atoms with van der Waals surface area (Å²) in [5.74, 6) is -2.71. The molecule has 5 rings (SSSR count). The van der Waals surface area contributed by atoms with Gasteiger partial charge in [-0.15, -0.1) is 0 Å². The summed E-state index contributed by atoms with van der Waals surface area (Å²) in [6, 6.07) is 12.3. The lowest BCUT2D eigenvalue weighted by atomic mass is 9.85. The van der Waals surface area contributed by atoms with Gasteiger partial charge in [0.2, 0.25) is 11.8 Å². The molecule has 1 N–H and O–H groups in total. The van der Waals surface area contributed by atoms with E-state index < -0.39 is 24.5 Å². The molecule has 9 heteroatoms. The third-order valence-electron chi connectivity index (χ3n) is 7.28. The quantitative estimate of drug-likeness (QED) is 0.233. The first kappa shape index (κ1) is 25.4. The number of esters is 2. The molecule has 1 aliphatic heterocycles. The fourth-order valence-corrected chi connectivity index (χ4v) is 5.42. The summed E-state index contributed by atoms with van der Waals surface area (Å²) in [4.78, 5) is 64.2. The van der Waals surface area contributed by atoms with Crippen molar-refractivity contribution in [1.29, 1.82) is 0 Å². The number of nitrogens with one attached hydrogen (secondary N) is 1. The molecule has 0 radical (unpaired) electrons. The average molecular weight is 517 g/mol. The Labute approximate surface area is 219 Å². The maximum absolute atomic E-state index is 13.1. The van der Waals surface area contributed by atoms with E-state index in [1.807, 2.05) is 19.1 Å². The second kappa shape index (κ2) is 10.6. The Morgan fingerprint density at radius 3 is 2.21 bits per heavy atom. The molecule has 2 aromatic rings. The van der Waals surface area contributed by atoms with Crippen LogP contribution >= 0.6 is 0 Å². The van der Waals surface area contributed by atoms with Gasteiger partial charge in [-0.2, -0.15) is 0 Å². The molecule has 3 amide bonds. The van der Waals surface area contributed by atoms with E-state index in [2.05, 4.69) is 5.32 Å². The molecule has 196 valence electrons. The molecular formula is C29H28N2O7. The van der Waals surface area contributed by atoms with Crippen LogP contribution in [0.15, 0.2) is 60.7 Å². The van der Waals surface area contributed by atoms with Crippen molar-refractivity contribution in [3.05, 3.63) is 71.8 Å². The number of unbranched alkanes of at least 4 members (excludes halogenated alkanes) is 1. The van der Waals surface area contributed by atoms with Crippen molar-refractivity contribution < 1.29 is 33.4 Å². The normalized spacial score (nSPS) is 22.9. The standard InChI is InChI=1S/C29H28N2O7/c1-2-3-13-37-28(35)17-9-11-21(12-10-17)30-23(32)16-38-29(36)20-5-4-6-22(15-20)31-26(33)24-18-7-8-19(14-18)25(24)27(31)34/h4-12,15,18-19,24-25H,2-3,13-14,16H2,1H3,(H,30,32)/t18-,19-,24-,25-/m0/s1. The molecule has 2 aromatic carbocycles. The number of rotatable bonds is 9. The Hall–Kier alpha value is -4.27. The van der Waals surface area contributed by atoms with Crippen molar-refractivity contribution in [2.75, 3.05) is 23.4 Å². The van der Waals surface area contributed by atoms with E-state index in [0.29, 0.717) is 23.5 Å². The molecule has 1 saturated heterocycles. The van der Waals surface area contributed by atoms with Gasteiger partial charge in [0, 0.05) is 5.69 Å². The number of hydrogen-bond donors (Lipinski definition) is 1. The minimum atomic E-state index is -0.756. The summed E-state index contributed by atoms with van der Waals surface area (Å²) in [7, 11) is 0. The van der Waals surface area contributed by atoms with Crippen LogP contribution < -0.4 is 10.2 Å². The highest BCUT2D eigenvalue weighted by molar-refractivity contribution is 6.23. The third kappa shape index (κ3) is 4.83. The number of ether oxygens (including phenoxy) is 2. The molecular weight excluding hydrogens is 488 g/mol. The van der Waals surface area contributed by atoms with Gasteiger partial charge in [-0.25, -0.2) is 14.5 Å². The van der Waals surface area contributed by atoms with Crippen molar-refractivity contribution in [3.63, 3.8) is 0 Å². The van der Waals surface area contributed by atoms with Crippen molar-refractivity contribution >= 4 is 41.0 Å². The van der Waals surface area contributed by atoms with Gasteiger partial charge in [0.15, 0.2) is 6.61 Å². The van der Waals surface area contributed by atoms with E-state index in [4.69, 9.17) is 9.47 Å². The summed E-state index contributed by atoms with van der Waals surface area (Å²) < 4.78 is 10.3. The Balaban J connectivity index is 1.15. The first-order valence-electron chi connectivity index (χ1n) is 12.8. The Morgan fingerprint density at radius 2 is 1.55 bits per heavy atom. The number of anilines is 2. The molecule has 4 atom stereocenters. The lowest BCUT2D eigenvalue weighted by molar-refractivity contribution is -0.123. The Bertz CT molecular complexity index is 1290. The van der Waals surface area contributed by atoms with Crippen LogP contribution in [-0.4, -0.2) is 42.9 Å². The molecule has 0 spiro atoms. The van der Waals surface area contributed by atoms with E-state index in [-0.39, 0.29) is 41.0 Å². The van der Waals surface area contributed by atoms with Crippen molar-refractivity contribution in [2.24, 2.45) is 23.7 Å². The summed E-state index contributed by atoms with van der Waals surface area (Å²) in [6.45, 7) is 1.82. The third-order valence-corrected chi connectivity index (χ3v) is 7.28. The lowest BCUT2D eigenvalue weighted by Crippen LogP contribution is -2.33. The smallest absolute Gasteiger partial charge is 0.338 e. The first-order chi connectivity index (χ1) is 18.4. The van der Waals surface area contributed by atoms with E-state index in [1.54, 1.807) is 24.3 Å². The zero-order valence-corrected chi connectivity index (χ0v) is 20.9. The second-order valence-corrected chi connectivity index (χ2v) is 9.75. The number of fused-ring (bicyclic) bond motifs is 5. The van der Waals surface area contributed by atoms with Crippen molar-refractivity contribution in [1.82, 2.24) is 0 Å². The van der Waals surface area contributed by atoms with E-state index >= 15 is 0 Å². The van der Waals surface area contributed by atoms with Crippen LogP contribution in [0, 0.1) is 23.7 Å². The molecule has 9 nitrogen and oxygen atoms in total. The fraction of sp³-hybridized carbons (Fsp3) is 0.345. The molecule has 3 aliphatic rings. The summed E-state index contributed by atoms with van der Waals surface area (Å²) in [6.07, 6.45) is 6.60. The molecule has 2 aliphatic carbocycles. The number of hydrogen-bond acceptors (Lipinski definition) is 7. The van der Waals surface area contributed by atoms with Crippen LogP contribution in [0.2, 0.25) is 0 Å². The van der Waals surface area contributed by atoms with Crippen LogP contribution in [-0.2, 0) is 23.9 Å². The molecule has 1 heterocycles. The number of nitrogens with zero attached hydrogens (tertiary/aromatic N) is 1. The van der Waals surface area contributed by atoms with Crippen LogP contribution in [0.3, 0.4) is 0 Å². The summed E-state index contributed by atoms with van der Waals surface area (Å²) >= 11 is 0. The maximum Gasteiger partial charge on any atom is 0.338 e. The Kier molecular flexibility index (Phi) is 7.09. The molecule has 0 unspecified atom stereocenters. The van der Waals surface area contributed by atoms with Gasteiger partial charge in [-0.1, -0.05) is 31.6 Å². The number of imide groups is 1. The lowest BCUT2D eigenvalue weighted by Gasteiger charge is -2.18. The number of amides is 3. The average Bonchev–Trinajstić information content (AvgIpc) is 3.61. The van der Waals surface area contributed by atoms with Crippen LogP contribution in [0.1, 0.15) is 46.9 Å². The van der Waals surface area contributed by atoms with Crippen LogP contribution in [0.5, 0.6) is 0 Å². The van der Waals surface area contributed by atoms with Gasteiger partial charge in [-0.05, 0) is 67.1 Å². The second-order valence-electron chi connectivity index (χ2n) is 9.75. The SMILES string of the molecule is CCCCOC(=O)c1ccc(NC(=O)COC(=O)c2cccc(N3C(=O)[C@@H]4[C@@H](C3=O)[C@H]3C=C[C@H]4C3)c2)cc1. The van der Waals surface area contributed by atoms with E-state index in [1.165, 1.54) is 29.2 Å². The van der Waals surface area contributed by atoms with E-state index in [9.17, 15) is 24.0 Å². The van der Waals surface area contributed by atoms with Gasteiger partial charge in [0.1, 0.15) is 0 Å². The number of allylic oxidation sites excluding steroid dienone is 2. The number of benzene rings is 2. The van der Waals surface area contributed by atoms with Gasteiger partial charge in [-0.3, -0.25) is 14.4 Å².